The lowest BCUT2D eigenvalue weighted by atomic mass is 9.96. The molecule has 0 aliphatic rings. The Bertz CT molecular complexity index is 3580. The summed E-state index contributed by atoms with van der Waals surface area (Å²) in [6, 6.07) is 66.1. The van der Waals surface area contributed by atoms with E-state index in [1.54, 1.807) is 0 Å². The number of rotatable bonds is 6. The minimum atomic E-state index is 0.587. The second-order valence-electron chi connectivity index (χ2n) is 14.9. The first-order valence-corrected chi connectivity index (χ1v) is 20.0. The number of fused-ring (bicyclic) bond motifs is 8. The number of hydrogen-bond donors (Lipinski definition) is 0. The molecule has 12 rings (SSSR count). The number of nitrogens with zero attached hydrogens (tertiary/aromatic N) is 4. The monoisotopic (exact) mass is 768 g/mol. The van der Waals surface area contributed by atoms with Crippen LogP contribution in [-0.2, 0) is 0 Å². The fraction of sp³-hybridized carbons (Fsp3) is 0. The van der Waals surface area contributed by atoms with Crippen molar-refractivity contribution in [3.05, 3.63) is 194 Å². The molecular formula is C54H32N4O2. The van der Waals surface area contributed by atoms with Crippen LogP contribution in [-0.4, -0.2) is 19.9 Å². The topological polar surface area (TPSA) is 77.8 Å². The molecule has 0 fully saturated rings. The lowest BCUT2D eigenvalue weighted by Crippen LogP contribution is -2.00. The molecule has 4 heterocycles. The first kappa shape index (κ1) is 33.9. The van der Waals surface area contributed by atoms with Gasteiger partial charge in [0, 0.05) is 54.9 Å². The molecule has 8 aromatic carbocycles. The first-order valence-electron chi connectivity index (χ1n) is 20.0. The summed E-state index contributed by atoms with van der Waals surface area (Å²) in [6.07, 6.45) is 0. The Kier molecular flexibility index (Phi) is 7.74. The van der Waals surface area contributed by atoms with Crippen LogP contribution in [0.5, 0.6) is 0 Å². The van der Waals surface area contributed by atoms with Crippen molar-refractivity contribution in [1.29, 1.82) is 0 Å². The summed E-state index contributed by atoms with van der Waals surface area (Å²) < 4.78 is 13.2. The zero-order valence-corrected chi connectivity index (χ0v) is 32.1. The van der Waals surface area contributed by atoms with E-state index in [2.05, 4.69) is 121 Å². The van der Waals surface area contributed by atoms with Gasteiger partial charge in [-0.05, 0) is 29.3 Å². The minimum Gasteiger partial charge on any atom is -0.455 e. The summed E-state index contributed by atoms with van der Waals surface area (Å²) in [7, 11) is 0. The standard InChI is InChI=1S/C54H32N4O2/c1-3-13-33(14-4-1)34-25-29-37(30-26-34)53-56-52(36-15-5-2-6-16-36)57-54(58-53)38-31-27-35(28-32-38)48-47-43-18-8-10-24-46(43)60-51(47)44-22-11-19-40(49(44)55-48)42-21-12-20-41-39-17-7-9-23-45(39)59-50(41)42/h1-32H. The number of para-hydroxylation sites is 4. The number of benzene rings is 8. The number of pyridine rings is 1. The molecule has 0 aliphatic heterocycles. The molecule has 4 aromatic heterocycles. The fourth-order valence-corrected chi connectivity index (χ4v) is 8.44. The Morgan fingerprint density at radius 3 is 1.40 bits per heavy atom. The molecule has 60 heavy (non-hydrogen) atoms. The Morgan fingerprint density at radius 1 is 0.283 bits per heavy atom. The molecule has 0 radical (unpaired) electrons. The smallest absolute Gasteiger partial charge is 0.164 e. The van der Waals surface area contributed by atoms with Crippen LogP contribution in [0.2, 0.25) is 0 Å². The quantitative estimate of drug-likeness (QED) is 0.168. The van der Waals surface area contributed by atoms with Gasteiger partial charge in [-0.2, -0.15) is 0 Å². The molecule has 0 atom stereocenters. The van der Waals surface area contributed by atoms with Gasteiger partial charge >= 0.3 is 0 Å². The number of hydrogen-bond acceptors (Lipinski definition) is 6. The van der Waals surface area contributed by atoms with Gasteiger partial charge < -0.3 is 8.83 Å². The van der Waals surface area contributed by atoms with Gasteiger partial charge in [0.1, 0.15) is 22.3 Å². The molecule has 0 N–H and O–H groups in total. The third kappa shape index (κ3) is 5.57. The molecule has 6 nitrogen and oxygen atoms in total. The van der Waals surface area contributed by atoms with E-state index in [0.29, 0.717) is 17.5 Å². The predicted octanol–water partition coefficient (Wildman–Crippen LogP) is 14.2. The predicted molar refractivity (Wildman–Crippen MR) is 242 cm³/mol. The molecule has 0 amide bonds. The summed E-state index contributed by atoms with van der Waals surface area (Å²) in [6.45, 7) is 0. The third-order valence-electron chi connectivity index (χ3n) is 11.4. The number of furan rings is 2. The average Bonchev–Trinajstić information content (AvgIpc) is 3.91. The summed E-state index contributed by atoms with van der Waals surface area (Å²) in [4.78, 5) is 20.6. The molecule has 0 spiro atoms. The van der Waals surface area contributed by atoms with Crippen molar-refractivity contribution in [2.75, 3.05) is 0 Å². The van der Waals surface area contributed by atoms with Crippen LogP contribution < -0.4 is 0 Å². The van der Waals surface area contributed by atoms with Crippen LogP contribution in [0, 0.1) is 0 Å². The lowest BCUT2D eigenvalue weighted by Gasteiger charge is -2.12. The van der Waals surface area contributed by atoms with E-state index in [4.69, 9.17) is 28.8 Å². The Balaban J connectivity index is 1.01. The third-order valence-corrected chi connectivity index (χ3v) is 11.4. The maximum Gasteiger partial charge on any atom is 0.164 e. The normalized spacial score (nSPS) is 11.7. The lowest BCUT2D eigenvalue weighted by molar-refractivity contribution is 0.670. The van der Waals surface area contributed by atoms with Crippen molar-refractivity contribution in [2.45, 2.75) is 0 Å². The van der Waals surface area contributed by atoms with Crippen molar-refractivity contribution in [3.8, 4) is 67.7 Å². The first-order chi connectivity index (χ1) is 29.7. The Morgan fingerprint density at radius 2 is 0.733 bits per heavy atom. The molecule has 0 unspecified atom stereocenters. The van der Waals surface area contributed by atoms with Gasteiger partial charge in [0.05, 0.1) is 16.6 Å². The maximum atomic E-state index is 6.70. The highest BCUT2D eigenvalue weighted by Gasteiger charge is 2.22. The molecule has 280 valence electrons. The molecule has 0 aliphatic carbocycles. The van der Waals surface area contributed by atoms with Gasteiger partial charge in [0.15, 0.2) is 17.5 Å². The molecule has 0 saturated carbocycles. The largest absolute Gasteiger partial charge is 0.455 e. The highest BCUT2D eigenvalue weighted by Crippen LogP contribution is 2.44. The van der Waals surface area contributed by atoms with Crippen molar-refractivity contribution in [2.24, 2.45) is 0 Å². The molecule has 0 saturated heterocycles. The zero-order chi connectivity index (χ0) is 39.6. The molecule has 12 aromatic rings. The van der Waals surface area contributed by atoms with Crippen LogP contribution >= 0.6 is 0 Å². The van der Waals surface area contributed by atoms with E-state index < -0.39 is 0 Å². The second-order valence-corrected chi connectivity index (χ2v) is 14.9. The summed E-state index contributed by atoms with van der Waals surface area (Å²) >= 11 is 0. The summed E-state index contributed by atoms with van der Waals surface area (Å²) in [5.74, 6) is 1.81. The highest BCUT2D eigenvalue weighted by atomic mass is 16.3. The fourth-order valence-electron chi connectivity index (χ4n) is 8.44. The van der Waals surface area contributed by atoms with Crippen molar-refractivity contribution in [3.63, 3.8) is 0 Å². The number of aromatic nitrogens is 4. The van der Waals surface area contributed by atoms with Gasteiger partial charge in [-0.15, -0.1) is 0 Å². The van der Waals surface area contributed by atoms with Crippen molar-refractivity contribution in [1.82, 2.24) is 19.9 Å². The highest BCUT2D eigenvalue weighted by molar-refractivity contribution is 6.21. The van der Waals surface area contributed by atoms with E-state index in [1.165, 1.54) is 0 Å². The van der Waals surface area contributed by atoms with E-state index in [9.17, 15) is 0 Å². The van der Waals surface area contributed by atoms with Crippen LogP contribution in [0.15, 0.2) is 203 Å². The van der Waals surface area contributed by atoms with Gasteiger partial charge in [-0.25, -0.2) is 19.9 Å². The van der Waals surface area contributed by atoms with E-state index in [1.807, 2.05) is 72.8 Å². The summed E-state index contributed by atoms with van der Waals surface area (Å²) in [5.41, 5.74) is 12.9. The van der Waals surface area contributed by atoms with Crippen LogP contribution in [0.4, 0.5) is 0 Å². The van der Waals surface area contributed by atoms with Gasteiger partial charge in [0.2, 0.25) is 0 Å². The Hall–Kier alpha value is -8.22. The molecule has 0 bridgehead atoms. The SMILES string of the molecule is c1ccc(-c2ccc(-c3nc(-c4ccccc4)nc(-c4ccc(-c5nc6c(-c7cccc8c7oc7ccccc78)cccc6c6oc7ccccc7c56)cc4)n3)cc2)cc1. The van der Waals surface area contributed by atoms with Crippen molar-refractivity contribution < 1.29 is 8.83 Å². The maximum absolute atomic E-state index is 6.70. The van der Waals surface area contributed by atoms with Gasteiger partial charge in [-0.3, -0.25) is 0 Å². The van der Waals surface area contributed by atoms with Crippen LogP contribution in [0.25, 0.3) is 122 Å². The van der Waals surface area contributed by atoms with E-state index in [0.717, 1.165) is 105 Å². The van der Waals surface area contributed by atoms with Crippen molar-refractivity contribution >= 4 is 54.8 Å². The van der Waals surface area contributed by atoms with Crippen LogP contribution in [0.3, 0.4) is 0 Å². The van der Waals surface area contributed by atoms with E-state index in [-0.39, 0.29) is 0 Å². The van der Waals surface area contributed by atoms with Gasteiger partial charge in [-0.1, -0.05) is 176 Å². The van der Waals surface area contributed by atoms with Gasteiger partial charge in [0.25, 0.3) is 0 Å². The second kappa shape index (κ2) is 13.7. The zero-order valence-electron chi connectivity index (χ0n) is 32.1. The molecule has 6 heteroatoms. The molecular weight excluding hydrogens is 737 g/mol. The average molecular weight is 769 g/mol. The summed E-state index contributed by atoms with van der Waals surface area (Å²) in [5, 5.41) is 5.08. The Labute approximate surface area is 344 Å². The van der Waals surface area contributed by atoms with Crippen LogP contribution in [0.1, 0.15) is 0 Å². The minimum absolute atomic E-state index is 0.587. The van der Waals surface area contributed by atoms with E-state index >= 15 is 0 Å².